The molecule has 1 aromatic rings. The van der Waals surface area contributed by atoms with E-state index in [0.717, 1.165) is 19.5 Å². The number of carbonyl (C=O) groups excluding carboxylic acids is 1. The first-order valence-electron chi connectivity index (χ1n) is 5.89. The Labute approximate surface area is 115 Å². The summed E-state index contributed by atoms with van der Waals surface area (Å²) in [6, 6.07) is 4.28. The van der Waals surface area contributed by atoms with E-state index in [9.17, 15) is 9.59 Å². The molecule has 1 saturated heterocycles. The Balaban J connectivity index is 2.11. The van der Waals surface area contributed by atoms with Crippen LogP contribution in [-0.4, -0.2) is 48.0 Å². The van der Waals surface area contributed by atoms with Crippen LogP contribution in [0.5, 0.6) is 5.75 Å². The molecule has 2 rings (SSSR count). The Hall–Kier alpha value is -1.59. The maximum atomic E-state index is 11.3. The van der Waals surface area contributed by atoms with Crippen molar-refractivity contribution in [1.29, 1.82) is 0 Å². The van der Waals surface area contributed by atoms with Gasteiger partial charge in [0, 0.05) is 18.7 Å². The minimum absolute atomic E-state index is 0.0494. The number of likely N-dealkylation sites (N-methyl/N-ethyl adjacent to an activating group) is 1. The van der Waals surface area contributed by atoms with Crippen LogP contribution in [0.25, 0.3) is 0 Å². The second-order valence-electron chi connectivity index (χ2n) is 4.57. The molecule has 0 bridgehead atoms. The second kappa shape index (κ2) is 5.59. The number of nitrogens with zero attached hydrogens (tertiary/aromatic N) is 1. The minimum Gasteiger partial charge on any atom is -0.487 e. The Morgan fingerprint density at radius 3 is 2.74 bits per heavy atom. The predicted octanol–water partition coefficient (Wildman–Crippen LogP) is 1.69. The molecule has 0 aliphatic carbocycles. The van der Waals surface area contributed by atoms with Crippen molar-refractivity contribution in [2.24, 2.45) is 0 Å². The molecule has 1 heterocycles. The lowest BCUT2D eigenvalue weighted by molar-refractivity contribution is -0.131. The Kier molecular flexibility index (Phi) is 4.07. The van der Waals surface area contributed by atoms with E-state index in [4.69, 9.17) is 21.4 Å². The van der Waals surface area contributed by atoms with Crippen molar-refractivity contribution in [2.75, 3.05) is 20.1 Å². The molecule has 0 saturated carbocycles. The van der Waals surface area contributed by atoms with Gasteiger partial charge in [-0.15, -0.1) is 0 Å². The second-order valence-corrected chi connectivity index (χ2v) is 4.98. The average Bonchev–Trinajstić information content (AvgIpc) is 2.76. The minimum atomic E-state index is -1.50. The number of Topliss-reactive ketones (excluding diaryl/α,β-unsaturated/α-hetero) is 1. The zero-order valence-electron chi connectivity index (χ0n) is 10.4. The molecule has 0 aromatic heterocycles. The first kappa shape index (κ1) is 13.8. The van der Waals surface area contributed by atoms with Gasteiger partial charge in [0.25, 0.3) is 5.78 Å². The molecule has 6 heteroatoms. The molecular formula is C13H14ClNO4. The number of benzene rings is 1. The van der Waals surface area contributed by atoms with E-state index in [1.807, 2.05) is 7.05 Å². The maximum Gasteiger partial charge on any atom is 0.377 e. The van der Waals surface area contributed by atoms with Crippen molar-refractivity contribution in [2.45, 2.75) is 12.5 Å². The summed E-state index contributed by atoms with van der Waals surface area (Å²) < 4.78 is 5.74. The number of aliphatic carboxylic acids is 1. The molecule has 1 aromatic carbocycles. The van der Waals surface area contributed by atoms with Crippen molar-refractivity contribution in [1.82, 2.24) is 4.90 Å². The van der Waals surface area contributed by atoms with Gasteiger partial charge in [-0.3, -0.25) is 4.79 Å². The fourth-order valence-electron chi connectivity index (χ4n) is 2.03. The first-order valence-corrected chi connectivity index (χ1v) is 6.27. The molecule has 19 heavy (non-hydrogen) atoms. The quantitative estimate of drug-likeness (QED) is 0.673. The lowest BCUT2D eigenvalue weighted by Crippen LogP contribution is -2.21. The SMILES string of the molecule is CN1CCC(Oc2ccc(C(=O)C(=O)O)cc2Cl)C1. The van der Waals surface area contributed by atoms with Crippen LogP contribution in [0.15, 0.2) is 18.2 Å². The molecular weight excluding hydrogens is 270 g/mol. The van der Waals surface area contributed by atoms with Gasteiger partial charge >= 0.3 is 5.97 Å². The standard InChI is InChI=1S/C13H14ClNO4/c1-15-5-4-9(7-15)19-11-3-2-8(6-10(11)14)12(16)13(17)18/h2-3,6,9H,4-5,7H2,1H3,(H,17,18). The van der Waals surface area contributed by atoms with Gasteiger partial charge in [-0.25, -0.2) is 4.79 Å². The third kappa shape index (κ3) is 3.24. The largest absolute Gasteiger partial charge is 0.487 e. The lowest BCUT2D eigenvalue weighted by Gasteiger charge is -2.15. The zero-order chi connectivity index (χ0) is 14.0. The summed E-state index contributed by atoms with van der Waals surface area (Å²) in [4.78, 5) is 24.0. The molecule has 0 spiro atoms. The van der Waals surface area contributed by atoms with Crippen molar-refractivity contribution in [3.8, 4) is 5.75 Å². The highest BCUT2D eigenvalue weighted by atomic mass is 35.5. The van der Waals surface area contributed by atoms with Gasteiger partial charge < -0.3 is 14.7 Å². The summed E-state index contributed by atoms with van der Waals surface area (Å²) >= 11 is 6.01. The number of hydrogen-bond acceptors (Lipinski definition) is 4. The van der Waals surface area contributed by atoms with Crippen LogP contribution >= 0.6 is 11.6 Å². The van der Waals surface area contributed by atoms with Crippen LogP contribution < -0.4 is 4.74 Å². The van der Waals surface area contributed by atoms with E-state index in [2.05, 4.69) is 4.90 Å². The van der Waals surface area contributed by atoms with Crippen LogP contribution in [-0.2, 0) is 4.79 Å². The first-order chi connectivity index (χ1) is 8.97. The Bertz CT molecular complexity index is 517. The number of carboxylic acids is 1. The number of rotatable bonds is 4. The van der Waals surface area contributed by atoms with Crippen molar-refractivity contribution in [3.05, 3.63) is 28.8 Å². The number of halogens is 1. The van der Waals surface area contributed by atoms with Gasteiger partial charge in [0.1, 0.15) is 11.9 Å². The van der Waals surface area contributed by atoms with Gasteiger partial charge in [-0.1, -0.05) is 11.6 Å². The van der Waals surface area contributed by atoms with Crippen LogP contribution in [0, 0.1) is 0 Å². The zero-order valence-corrected chi connectivity index (χ0v) is 11.2. The predicted molar refractivity (Wildman–Crippen MR) is 69.9 cm³/mol. The van der Waals surface area contributed by atoms with Crippen LogP contribution in [0.2, 0.25) is 5.02 Å². The van der Waals surface area contributed by atoms with Crippen LogP contribution in [0.1, 0.15) is 16.8 Å². The third-order valence-electron chi connectivity index (χ3n) is 3.03. The van der Waals surface area contributed by atoms with Gasteiger partial charge in [-0.2, -0.15) is 0 Å². The summed E-state index contributed by atoms with van der Waals surface area (Å²) in [6.45, 7) is 1.80. The third-order valence-corrected chi connectivity index (χ3v) is 3.33. The molecule has 0 radical (unpaired) electrons. The number of ether oxygens (including phenoxy) is 1. The van der Waals surface area contributed by atoms with Crippen LogP contribution in [0.3, 0.4) is 0 Å². The molecule has 1 aliphatic heterocycles. The number of hydrogen-bond donors (Lipinski definition) is 1. The number of likely N-dealkylation sites (tertiary alicyclic amines) is 1. The highest BCUT2D eigenvalue weighted by molar-refractivity contribution is 6.40. The van der Waals surface area contributed by atoms with Crippen LogP contribution in [0.4, 0.5) is 0 Å². The van der Waals surface area contributed by atoms with Gasteiger partial charge in [0.05, 0.1) is 5.02 Å². The van der Waals surface area contributed by atoms with Crippen molar-refractivity contribution < 1.29 is 19.4 Å². The summed E-state index contributed by atoms with van der Waals surface area (Å²) in [5.41, 5.74) is 0.0494. The smallest absolute Gasteiger partial charge is 0.377 e. The normalized spacial score (nSPS) is 19.4. The molecule has 0 amide bonds. The summed E-state index contributed by atoms with van der Waals surface area (Å²) in [6.07, 6.45) is 0.992. The fourth-order valence-corrected chi connectivity index (χ4v) is 2.26. The van der Waals surface area contributed by atoms with E-state index in [1.165, 1.54) is 18.2 Å². The molecule has 1 fully saturated rings. The number of ketones is 1. The summed E-state index contributed by atoms with van der Waals surface area (Å²) in [5.74, 6) is -2.00. The summed E-state index contributed by atoms with van der Waals surface area (Å²) in [5, 5.41) is 8.88. The van der Waals surface area contributed by atoms with E-state index in [0.29, 0.717) is 5.75 Å². The Morgan fingerprint density at radius 2 is 2.21 bits per heavy atom. The number of carbonyl (C=O) groups is 2. The average molecular weight is 284 g/mol. The monoisotopic (exact) mass is 283 g/mol. The van der Waals surface area contributed by atoms with Crippen molar-refractivity contribution in [3.63, 3.8) is 0 Å². The molecule has 102 valence electrons. The fraction of sp³-hybridized carbons (Fsp3) is 0.385. The maximum absolute atomic E-state index is 11.3. The van der Waals surface area contributed by atoms with Crippen molar-refractivity contribution >= 4 is 23.4 Å². The van der Waals surface area contributed by atoms with E-state index < -0.39 is 11.8 Å². The molecule has 1 atom stereocenters. The molecule has 1 N–H and O–H groups in total. The highest BCUT2D eigenvalue weighted by Crippen LogP contribution is 2.28. The van der Waals surface area contributed by atoms with E-state index >= 15 is 0 Å². The van der Waals surface area contributed by atoms with E-state index in [-0.39, 0.29) is 16.7 Å². The Morgan fingerprint density at radius 1 is 1.47 bits per heavy atom. The van der Waals surface area contributed by atoms with Gasteiger partial charge in [-0.05, 0) is 31.7 Å². The molecule has 1 aliphatic rings. The highest BCUT2D eigenvalue weighted by Gasteiger charge is 2.22. The topological polar surface area (TPSA) is 66.8 Å². The van der Waals surface area contributed by atoms with Gasteiger partial charge in [0.15, 0.2) is 0 Å². The molecule has 1 unspecified atom stereocenters. The number of carboxylic acid groups (broad SMARTS) is 1. The lowest BCUT2D eigenvalue weighted by atomic mass is 10.1. The van der Waals surface area contributed by atoms with E-state index in [1.54, 1.807) is 0 Å². The molecule has 5 nitrogen and oxygen atoms in total. The summed E-state index contributed by atoms with van der Waals surface area (Å²) in [7, 11) is 2.01. The van der Waals surface area contributed by atoms with Gasteiger partial charge in [0.2, 0.25) is 0 Å².